The van der Waals surface area contributed by atoms with Crippen LogP contribution in [0.25, 0.3) is 0 Å². The number of hydrogen-bond donors (Lipinski definition) is 2. The Morgan fingerprint density at radius 3 is 2.59 bits per heavy atom. The summed E-state index contributed by atoms with van der Waals surface area (Å²) < 4.78 is 0. The molecule has 0 saturated carbocycles. The topological polar surface area (TPSA) is 58.4 Å². The number of rotatable bonds is 5. The lowest BCUT2D eigenvalue weighted by molar-refractivity contribution is -0.130. The number of nitrogens with two attached hydrogens (primary N) is 1. The number of thioether (sulfide) groups is 1. The van der Waals surface area contributed by atoms with Crippen molar-refractivity contribution < 1.29 is 4.79 Å². The van der Waals surface area contributed by atoms with Crippen molar-refractivity contribution in [2.24, 2.45) is 5.73 Å². The van der Waals surface area contributed by atoms with Crippen LogP contribution >= 0.6 is 11.8 Å². The Labute approximate surface area is 109 Å². The van der Waals surface area contributed by atoms with E-state index in [1.807, 2.05) is 6.26 Å². The number of nitrogens with one attached hydrogen (secondary N) is 1. The molecule has 1 aliphatic heterocycles. The van der Waals surface area contributed by atoms with Crippen LogP contribution in [-0.2, 0) is 4.79 Å². The van der Waals surface area contributed by atoms with Gasteiger partial charge in [-0.2, -0.15) is 11.8 Å². The summed E-state index contributed by atoms with van der Waals surface area (Å²) >= 11 is 1.72. The first-order valence-electron chi connectivity index (χ1n) is 6.39. The van der Waals surface area contributed by atoms with E-state index in [0.29, 0.717) is 12.1 Å². The van der Waals surface area contributed by atoms with E-state index < -0.39 is 0 Å². The third-order valence-corrected chi connectivity index (χ3v) is 4.05. The Balaban J connectivity index is 2.43. The van der Waals surface area contributed by atoms with Crippen molar-refractivity contribution in [1.29, 1.82) is 0 Å². The highest BCUT2D eigenvalue weighted by Gasteiger charge is 2.27. The zero-order chi connectivity index (χ0) is 12.8. The molecular formula is C12H25N3OS. The Morgan fingerprint density at radius 1 is 1.47 bits per heavy atom. The molecule has 1 rings (SSSR count). The van der Waals surface area contributed by atoms with Gasteiger partial charge in [0.05, 0.1) is 6.04 Å². The van der Waals surface area contributed by atoms with Crippen LogP contribution in [0.3, 0.4) is 0 Å². The lowest BCUT2D eigenvalue weighted by atomic mass is 10.00. The molecule has 4 nitrogen and oxygen atoms in total. The fourth-order valence-corrected chi connectivity index (χ4v) is 2.72. The predicted molar refractivity (Wildman–Crippen MR) is 73.7 cm³/mol. The van der Waals surface area contributed by atoms with Crippen molar-refractivity contribution in [3.05, 3.63) is 0 Å². The molecule has 5 heteroatoms. The third-order valence-electron chi connectivity index (χ3n) is 3.40. The second-order valence-electron chi connectivity index (χ2n) is 4.90. The summed E-state index contributed by atoms with van der Waals surface area (Å²) in [6.45, 7) is 4.31. The smallest absolute Gasteiger partial charge is 0.251 e. The molecular weight excluding hydrogens is 234 g/mol. The Bertz CT molecular complexity index is 240. The average Bonchev–Trinajstić information content (AvgIpc) is 2.30. The van der Waals surface area contributed by atoms with E-state index in [1.54, 1.807) is 11.8 Å². The van der Waals surface area contributed by atoms with Crippen molar-refractivity contribution in [1.82, 2.24) is 10.4 Å². The van der Waals surface area contributed by atoms with Crippen molar-refractivity contribution >= 4 is 17.7 Å². The van der Waals surface area contributed by atoms with E-state index in [9.17, 15) is 4.79 Å². The van der Waals surface area contributed by atoms with Crippen LogP contribution in [0, 0.1) is 0 Å². The quantitative estimate of drug-likeness (QED) is 0.783. The first-order valence-corrected chi connectivity index (χ1v) is 7.79. The molecule has 17 heavy (non-hydrogen) atoms. The highest BCUT2D eigenvalue weighted by atomic mass is 32.2. The van der Waals surface area contributed by atoms with Gasteiger partial charge in [-0.25, -0.2) is 5.01 Å². The molecule has 1 fully saturated rings. The van der Waals surface area contributed by atoms with Gasteiger partial charge < -0.3 is 5.73 Å². The highest BCUT2D eigenvalue weighted by molar-refractivity contribution is 7.98. The normalized spacial score (nSPS) is 27.8. The zero-order valence-electron chi connectivity index (χ0n) is 11.1. The number of nitrogens with zero attached hydrogens (tertiary/aromatic N) is 1. The monoisotopic (exact) mass is 259 g/mol. The van der Waals surface area contributed by atoms with Gasteiger partial charge in [0.2, 0.25) is 0 Å². The van der Waals surface area contributed by atoms with Crippen molar-refractivity contribution in [2.75, 3.05) is 12.0 Å². The van der Waals surface area contributed by atoms with Crippen LogP contribution in [0.5, 0.6) is 0 Å². The molecule has 1 amide bonds. The lowest BCUT2D eigenvalue weighted by Gasteiger charge is -2.39. The van der Waals surface area contributed by atoms with E-state index in [1.165, 1.54) is 6.42 Å². The third kappa shape index (κ3) is 4.48. The summed E-state index contributed by atoms with van der Waals surface area (Å²) in [6.07, 6.45) is 6.30. The van der Waals surface area contributed by atoms with E-state index in [-0.39, 0.29) is 11.9 Å². The largest absolute Gasteiger partial charge is 0.320 e. The number of piperidine rings is 1. The van der Waals surface area contributed by atoms with Crippen LogP contribution in [-0.4, -0.2) is 41.1 Å². The van der Waals surface area contributed by atoms with Crippen LogP contribution in [0.4, 0.5) is 0 Å². The number of hydrazine groups is 1. The van der Waals surface area contributed by atoms with Crippen molar-refractivity contribution in [3.63, 3.8) is 0 Å². The molecule has 0 aromatic heterocycles. The van der Waals surface area contributed by atoms with Gasteiger partial charge in [-0.3, -0.25) is 10.2 Å². The molecule has 3 N–H and O–H groups in total. The molecule has 0 radical (unpaired) electrons. The summed E-state index contributed by atoms with van der Waals surface area (Å²) in [6, 6.07) is 0.440. The number of carbonyl (C=O) groups excluding carboxylic acids is 1. The second-order valence-corrected chi connectivity index (χ2v) is 5.89. The minimum atomic E-state index is -0.385. The van der Waals surface area contributed by atoms with Gasteiger partial charge in [0.25, 0.3) is 5.91 Å². The molecule has 0 spiro atoms. The average molecular weight is 259 g/mol. The minimum absolute atomic E-state index is 0.0420. The fourth-order valence-electron chi connectivity index (χ4n) is 2.23. The van der Waals surface area contributed by atoms with Gasteiger partial charge in [-0.15, -0.1) is 0 Å². The first-order chi connectivity index (χ1) is 8.06. The van der Waals surface area contributed by atoms with E-state index in [2.05, 4.69) is 24.3 Å². The minimum Gasteiger partial charge on any atom is -0.320 e. The predicted octanol–water partition coefficient (Wildman–Crippen LogP) is 1.36. The molecule has 100 valence electrons. The molecule has 1 aliphatic rings. The first kappa shape index (κ1) is 14.8. The van der Waals surface area contributed by atoms with Crippen LogP contribution in [0.15, 0.2) is 0 Å². The number of carbonyl (C=O) groups is 1. The molecule has 1 heterocycles. The standard InChI is InChI=1S/C12H25N3OS/c1-9-5-4-6-10(2)15(9)14-12(16)11(13)7-8-17-3/h9-11H,4-8,13H2,1-3H3,(H,14,16)/t9?,10?,11-/m1/s1. The SMILES string of the molecule is CSCC[C@@H](N)C(=O)NN1C(C)CCCC1C. The van der Waals surface area contributed by atoms with Gasteiger partial charge in [-0.05, 0) is 45.1 Å². The maximum Gasteiger partial charge on any atom is 0.251 e. The maximum atomic E-state index is 11.9. The summed E-state index contributed by atoms with van der Waals surface area (Å²) in [7, 11) is 0. The van der Waals surface area contributed by atoms with Crippen LogP contribution in [0.1, 0.15) is 39.5 Å². The Kier molecular flexibility index (Phi) is 6.30. The summed E-state index contributed by atoms with van der Waals surface area (Å²) in [4.78, 5) is 11.9. The zero-order valence-corrected chi connectivity index (χ0v) is 11.9. The number of amides is 1. The Morgan fingerprint density at radius 2 is 2.06 bits per heavy atom. The molecule has 2 unspecified atom stereocenters. The van der Waals surface area contributed by atoms with Gasteiger partial charge in [-0.1, -0.05) is 6.42 Å². The van der Waals surface area contributed by atoms with Crippen LogP contribution in [0.2, 0.25) is 0 Å². The van der Waals surface area contributed by atoms with Gasteiger partial charge in [0.15, 0.2) is 0 Å². The highest BCUT2D eigenvalue weighted by Crippen LogP contribution is 2.20. The molecule has 0 bridgehead atoms. The summed E-state index contributed by atoms with van der Waals surface area (Å²) in [5.41, 5.74) is 8.85. The molecule has 0 aromatic carbocycles. The van der Waals surface area contributed by atoms with Crippen molar-refractivity contribution in [3.8, 4) is 0 Å². The molecule has 0 aromatic rings. The molecule has 1 saturated heterocycles. The summed E-state index contributed by atoms with van der Waals surface area (Å²) in [5, 5.41) is 2.07. The fraction of sp³-hybridized carbons (Fsp3) is 0.917. The lowest BCUT2D eigenvalue weighted by Crippen LogP contribution is -2.57. The summed E-state index contributed by atoms with van der Waals surface area (Å²) in [5.74, 6) is 0.888. The van der Waals surface area contributed by atoms with Gasteiger partial charge in [0, 0.05) is 12.1 Å². The van der Waals surface area contributed by atoms with E-state index >= 15 is 0 Å². The number of hydrogen-bond acceptors (Lipinski definition) is 4. The molecule has 3 atom stereocenters. The van der Waals surface area contributed by atoms with E-state index in [4.69, 9.17) is 5.73 Å². The van der Waals surface area contributed by atoms with Crippen LogP contribution < -0.4 is 11.2 Å². The maximum absolute atomic E-state index is 11.9. The van der Waals surface area contributed by atoms with E-state index in [0.717, 1.165) is 25.0 Å². The second kappa shape index (κ2) is 7.24. The Hall–Kier alpha value is -0.260. The van der Waals surface area contributed by atoms with Gasteiger partial charge >= 0.3 is 0 Å². The molecule has 0 aliphatic carbocycles. The van der Waals surface area contributed by atoms with Gasteiger partial charge in [0.1, 0.15) is 0 Å². The van der Waals surface area contributed by atoms with Crippen molar-refractivity contribution in [2.45, 2.75) is 57.7 Å².